The van der Waals surface area contributed by atoms with Crippen molar-refractivity contribution in [2.24, 2.45) is 5.41 Å². The molecule has 3 fully saturated rings. The molecule has 3 aliphatic rings. The molecule has 3 saturated carbocycles. The first-order chi connectivity index (χ1) is 32.7. The Hall–Kier alpha value is -4.62. The first kappa shape index (κ1) is 48.4. The zero-order valence-corrected chi connectivity index (χ0v) is 39.4. The Morgan fingerprint density at radius 2 is 0.632 bits per heavy atom. The van der Waals surface area contributed by atoms with Crippen molar-refractivity contribution in [2.45, 2.75) is 104 Å². The number of hydrogen-bond acceptors (Lipinski definition) is 12. The Balaban J connectivity index is 1.39. The first-order valence-electron chi connectivity index (χ1n) is 23.0. The summed E-state index contributed by atoms with van der Waals surface area (Å²) in [5.74, 6) is 0. The fourth-order valence-corrected chi connectivity index (χ4v) is 17.0. The van der Waals surface area contributed by atoms with Crippen LogP contribution >= 0.6 is 15.2 Å². The summed E-state index contributed by atoms with van der Waals surface area (Å²) in [5, 5.41) is 78.3. The van der Waals surface area contributed by atoms with Crippen LogP contribution in [-0.2, 0) is 66.5 Å². The normalized spacial score (nSPS) is 28.7. The quantitative estimate of drug-likeness (QED) is 0.0449. The highest BCUT2D eigenvalue weighted by molar-refractivity contribution is 7.60. The molecule has 6 aromatic carbocycles. The van der Waals surface area contributed by atoms with Gasteiger partial charge in [0.25, 0.3) is 0 Å². The van der Waals surface area contributed by atoms with Crippen LogP contribution in [0.25, 0.3) is 0 Å². The molecular weight excluding hydrogens is 903 g/mol. The summed E-state index contributed by atoms with van der Waals surface area (Å²) in [6.07, 6.45) is -0.478. The van der Waals surface area contributed by atoms with Crippen LogP contribution in [0.4, 0.5) is 0 Å². The van der Waals surface area contributed by atoms with E-state index in [-0.39, 0.29) is 18.4 Å². The van der Waals surface area contributed by atoms with Crippen molar-refractivity contribution in [1.29, 1.82) is 0 Å². The summed E-state index contributed by atoms with van der Waals surface area (Å²) < 4.78 is 59.8. The summed E-state index contributed by atoms with van der Waals surface area (Å²) in [6.45, 7) is -2.31. The predicted octanol–water partition coefficient (Wildman–Crippen LogP) is 9.00. The van der Waals surface area contributed by atoms with E-state index < -0.39 is 93.0 Å². The fourth-order valence-electron chi connectivity index (χ4n) is 11.5. The molecule has 0 heterocycles. The van der Waals surface area contributed by atoms with Gasteiger partial charge in [-0.25, -0.2) is 0 Å². The monoisotopic (exact) mass is 960 g/mol. The standard InChI is InChI=1S/C54H58O12P2/c55-49(36-42-22-8-1-9-23-42)50(56,37-43-24-10-2-11-25-43)53(59,67(61,63-38-44-26-12-3-13-27-44)64-39-45-28-14-4-15-29-45)54(60,52(58)48(51(49,52)57)34-20-7-21-35-48)68(62,65-40-46-30-16-5-17-31-46)66-41-47-32-18-6-19-33-47/h1-6,8-19,22-33,55-60H,7,20-21,34-41H2/t49-,50-,51+,52+,53-,54-/m0/s1. The van der Waals surface area contributed by atoms with Gasteiger partial charge in [0, 0.05) is 18.3 Å². The average molecular weight is 961 g/mol. The summed E-state index contributed by atoms with van der Waals surface area (Å²) in [7, 11) is -11.8. The second-order valence-corrected chi connectivity index (χ2v) is 22.8. The van der Waals surface area contributed by atoms with E-state index in [2.05, 4.69) is 0 Å². The third-order valence-electron chi connectivity index (χ3n) is 14.8. The van der Waals surface area contributed by atoms with Crippen LogP contribution in [0.5, 0.6) is 0 Å². The molecule has 68 heavy (non-hydrogen) atoms. The van der Waals surface area contributed by atoms with Crippen molar-refractivity contribution in [3.05, 3.63) is 215 Å². The Labute approximate surface area is 396 Å². The molecule has 356 valence electrons. The van der Waals surface area contributed by atoms with Crippen molar-refractivity contribution in [2.75, 3.05) is 0 Å². The average Bonchev–Trinajstić information content (AvgIpc) is 3.81. The summed E-state index contributed by atoms with van der Waals surface area (Å²) in [4.78, 5) is 0. The van der Waals surface area contributed by atoms with Crippen LogP contribution in [0.3, 0.4) is 0 Å². The third-order valence-corrected chi connectivity index (χ3v) is 19.8. The van der Waals surface area contributed by atoms with Gasteiger partial charge in [-0.1, -0.05) is 201 Å². The number of hydrogen-bond donors (Lipinski definition) is 6. The maximum atomic E-state index is 17.1. The van der Waals surface area contributed by atoms with E-state index in [1.807, 2.05) is 0 Å². The van der Waals surface area contributed by atoms with E-state index in [1.165, 1.54) is 0 Å². The van der Waals surface area contributed by atoms with Gasteiger partial charge in [0.1, 0.15) is 22.4 Å². The highest BCUT2D eigenvalue weighted by atomic mass is 31.2. The lowest BCUT2D eigenvalue weighted by Crippen LogP contribution is -2.87. The molecule has 0 amide bonds. The SMILES string of the molecule is O=P(OCc1ccccc1)(OCc1ccccc1)[C@@]1(O)[C@](O)(Cc2ccccc2)[C@@](O)(Cc2ccccc2)[C@]2(O)C3(CCCCC3)[C@]2(O)[C@]1(O)P(=O)(OCc1ccccc1)OCc1ccccc1. The molecule has 6 N–H and O–H groups in total. The van der Waals surface area contributed by atoms with E-state index in [4.69, 9.17) is 18.1 Å². The Kier molecular flexibility index (Phi) is 13.2. The molecule has 3 aliphatic carbocycles. The fraction of sp³-hybridized carbons (Fsp3) is 0.333. The number of fused-ring (bicyclic) bond motifs is 3. The zero-order valence-electron chi connectivity index (χ0n) is 37.6. The first-order valence-corrected chi connectivity index (χ1v) is 26.1. The molecule has 12 nitrogen and oxygen atoms in total. The molecule has 0 bridgehead atoms. The lowest BCUT2D eigenvalue weighted by molar-refractivity contribution is -0.344. The minimum atomic E-state index is -5.95. The van der Waals surface area contributed by atoms with Gasteiger partial charge in [0.05, 0.1) is 26.4 Å². The number of benzene rings is 6. The maximum absolute atomic E-state index is 17.1. The number of aliphatic hydroxyl groups is 6. The van der Waals surface area contributed by atoms with Crippen LogP contribution in [0, 0.1) is 5.41 Å². The summed E-state index contributed by atoms with van der Waals surface area (Å²) in [5.41, 5.74) is -12.9. The van der Waals surface area contributed by atoms with Crippen LogP contribution in [0.2, 0.25) is 0 Å². The van der Waals surface area contributed by atoms with Crippen LogP contribution in [-0.4, -0.2) is 63.7 Å². The molecule has 0 aliphatic heterocycles. The second kappa shape index (κ2) is 18.6. The van der Waals surface area contributed by atoms with E-state index in [1.54, 1.807) is 182 Å². The highest BCUT2D eigenvalue weighted by Gasteiger charge is 3.10. The molecule has 9 rings (SSSR count). The zero-order chi connectivity index (χ0) is 47.8. The molecule has 6 atom stereocenters. The van der Waals surface area contributed by atoms with E-state index >= 15 is 9.13 Å². The van der Waals surface area contributed by atoms with Crippen molar-refractivity contribution in [3.63, 3.8) is 0 Å². The van der Waals surface area contributed by atoms with Crippen LogP contribution in [0.15, 0.2) is 182 Å². The second-order valence-electron chi connectivity index (χ2n) is 18.5. The Morgan fingerprint density at radius 3 is 0.956 bits per heavy atom. The largest absolute Gasteiger partial charge is 0.383 e. The van der Waals surface area contributed by atoms with Crippen molar-refractivity contribution in [1.82, 2.24) is 0 Å². The number of rotatable bonds is 18. The van der Waals surface area contributed by atoms with E-state index in [0.717, 1.165) is 0 Å². The Bertz CT molecular complexity index is 2640. The predicted molar refractivity (Wildman–Crippen MR) is 256 cm³/mol. The van der Waals surface area contributed by atoms with Gasteiger partial charge in [-0.05, 0) is 46.2 Å². The molecule has 14 heteroatoms. The van der Waals surface area contributed by atoms with Gasteiger partial charge in [-0.15, -0.1) is 0 Å². The molecule has 1 spiro atoms. The van der Waals surface area contributed by atoms with Crippen LogP contribution in [0.1, 0.15) is 65.5 Å². The molecule has 0 radical (unpaired) electrons. The lowest BCUT2D eigenvalue weighted by Gasteiger charge is -2.64. The third kappa shape index (κ3) is 7.28. The summed E-state index contributed by atoms with van der Waals surface area (Å²) in [6, 6.07) is 50.4. The molecule has 0 unspecified atom stereocenters. The molecule has 0 aromatic heterocycles. The highest BCUT2D eigenvalue weighted by Crippen LogP contribution is 2.93. The molecular formula is C54H58O12P2. The van der Waals surface area contributed by atoms with Gasteiger partial charge in [-0.2, -0.15) is 0 Å². The minimum Gasteiger partial charge on any atom is -0.383 e. The lowest BCUT2D eigenvalue weighted by atomic mass is 9.60. The summed E-state index contributed by atoms with van der Waals surface area (Å²) >= 11 is 0. The smallest absolute Gasteiger partial charge is 0.369 e. The Morgan fingerprint density at radius 1 is 0.353 bits per heavy atom. The topological polar surface area (TPSA) is 192 Å². The van der Waals surface area contributed by atoms with Gasteiger partial charge < -0.3 is 48.7 Å². The van der Waals surface area contributed by atoms with Gasteiger partial charge in [0.2, 0.25) is 10.7 Å². The van der Waals surface area contributed by atoms with Crippen LogP contribution < -0.4 is 0 Å². The van der Waals surface area contributed by atoms with E-state index in [0.29, 0.717) is 47.1 Å². The van der Waals surface area contributed by atoms with Gasteiger partial charge >= 0.3 is 15.2 Å². The molecule has 6 aromatic rings. The van der Waals surface area contributed by atoms with E-state index in [9.17, 15) is 30.6 Å². The van der Waals surface area contributed by atoms with Crippen molar-refractivity contribution < 1.29 is 57.9 Å². The van der Waals surface area contributed by atoms with Gasteiger partial charge in [0.15, 0.2) is 0 Å². The van der Waals surface area contributed by atoms with Gasteiger partial charge in [-0.3, -0.25) is 9.13 Å². The van der Waals surface area contributed by atoms with Crippen molar-refractivity contribution in [3.8, 4) is 0 Å². The maximum Gasteiger partial charge on any atom is 0.369 e. The molecule has 0 saturated heterocycles. The van der Waals surface area contributed by atoms with Crippen molar-refractivity contribution >= 4 is 15.2 Å². The minimum absolute atomic E-state index is 0.103.